The molecule has 8 nitrogen and oxygen atoms in total. The van der Waals surface area contributed by atoms with Crippen LogP contribution < -0.4 is 10.6 Å². The highest BCUT2D eigenvalue weighted by molar-refractivity contribution is 5.81. The maximum absolute atomic E-state index is 12.1. The zero-order valence-corrected chi connectivity index (χ0v) is 18.3. The largest absolute Gasteiger partial charge is 0.481 e. The molecule has 0 atom stereocenters. The molecule has 2 aliphatic carbocycles. The molecule has 3 N–H and O–H groups in total. The van der Waals surface area contributed by atoms with Gasteiger partial charge in [-0.05, 0) is 35.1 Å². The van der Waals surface area contributed by atoms with Gasteiger partial charge in [0.15, 0.2) is 0 Å². The standard InChI is InChI=1S/C25H28N2O6/c28-22(27-16-25(10-11-25)23(29)30)9-13-32-14-12-26-24(31)33-15-21-19-7-3-1-5-17(19)18-6-2-4-8-20(18)21/h1-8,21H,9-16H2,(H,26,31)(H,27,28)(H,29,30). The lowest BCUT2D eigenvalue weighted by atomic mass is 9.98. The Kier molecular flexibility index (Phi) is 6.93. The Morgan fingerprint density at radius 2 is 1.58 bits per heavy atom. The smallest absolute Gasteiger partial charge is 0.407 e. The number of alkyl carbamates (subject to hydrolysis) is 1. The van der Waals surface area contributed by atoms with E-state index in [1.54, 1.807) is 0 Å². The molecule has 0 bridgehead atoms. The van der Waals surface area contributed by atoms with Crippen LogP contribution in [0.1, 0.15) is 36.3 Å². The SMILES string of the molecule is O=C(CCOCCNC(=O)OCC1c2ccccc2-c2ccccc21)NCC1(C(=O)O)CC1. The first kappa shape index (κ1) is 22.8. The maximum Gasteiger partial charge on any atom is 0.407 e. The number of benzene rings is 2. The van der Waals surface area contributed by atoms with Crippen molar-refractivity contribution in [2.45, 2.75) is 25.2 Å². The molecule has 2 aliphatic rings. The molecule has 1 saturated carbocycles. The maximum atomic E-state index is 12.1. The predicted molar refractivity (Wildman–Crippen MR) is 121 cm³/mol. The van der Waals surface area contributed by atoms with Crippen molar-refractivity contribution in [3.63, 3.8) is 0 Å². The Morgan fingerprint density at radius 3 is 2.18 bits per heavy atom. The van der Waals surface area contributed by atoms with Crippen LogP contribution in [0.5, 0.6) is 0 Å². The summed E-state index contributed by atoms with van der Waals surface area (Å²) in [6.45, 7) is 1.11. The summed E-state index contributed by atoms with van der Waals surface area (Å²) < 4.78 is 10.8. The second kappa shape index (κ2) is 10.0. The molecule has 0 aliphatic heterocycles. The molecule has 0 spiro atoms. The minimum Gasteiger partial charge on any atom is -0.481 e. The van der Waals surface area contributed by atoms with Gasteiger partial charge in [-0.25, -0.2) is 4.79 Å². The average molecular weight is 453 g/mol. The summed E-state index contributed by atoms with van der Waals surface area (Å²) in [7, 11) is 0. The van der Waals surface area contributed by atoms with Gasteiger partial charge in [0.1, 0.15) is 6.61 Å². The van der Waals surface area contributed by atoms with Crippen molar-refractivity contribution in [1.29, 1.82) is 0 Å². The van der Waals surface area contributed by atoms with E-state index in [1.165, 1.54) is 11.1 Å². The second-order valence-corrected chi connectivity index (χ2v) is 8.48. The highest BCUT2D eigenvalue weighted by Gasteiger charge is 2.50. The van der Waals surface area contributed by atoms with Gasteiger partial charge in [-0.3, -0.25) is 9.59 Å². The van der Waals surface area contributed by atoms with Gasteiger partial charge < -0.3 is 25.2 Å². The summed E-state index contributed by atoms with van der Waals surface area (Å²) in [4.78, 5) is 35.0. The molecular formula is C25H28N2O6. The van der Waals surface area contributed by atoms with E-state index in [0.29, 0.717) is 12.8 Å². The van der Waals surface area contributed by atoms with Crippen molar-refractivity contribution in [2.75, 3.05) is 32.9 Å². The van der Waals surface area contributed by atoms with E-state index in [4.69, 9.17) is 14.6 Å². The fourth-order valence-corrected chi connectivity index (χ4v) is 4.11. The van der Waals surface area contributed by atoms with E-state index in [-0.39, 0.29) is 51.2 Å². The summed E-state index contributed by atoms with van der Waals surface area (Å²) in [5, 5.41) is 14.4. The van der Waals surface area contributed by atoms with E-state index in [0.717, 1.165) is 11.1 Å². The lowest BCUT2D eigenvalue weighted by Crippen LogP contribution is -2.34. The van der Waals surface area contributed by atoms with Crippen molar-refractivity contribution in [3.8, 4) is 11.1 Å². The van der Waals surface area contributed by atoms with Crippen LogP contribution in [-0.4, -0.2) is 56.0 Å². The van der Waals surface area contributed by atoms with Crippen LogP contribution in [0.2, 0.25) is 0 Å². The van der Waals surface area contributed by atoms with Crippen LogP contribution in [0, 0.1) is 5.41 Å². The Balaban J connectivity index is 1.11. The molecule has 2 amide bonds. The van der Waals surface area contributed by atoms with Gasteiger partial charge in [-0.2, -0.15) is 0 Å². The number of aliphatic carboxylic acids is 1. The normalized spacial score (nSPS) is 15.3. The number of carbonyl (C=O) groups excluding carboxylic acids is 2. The third kappa shape index (κ3) is 5.34. The van der Waals surface area contributed by atoms with Gasteiger partial charge in [0, 0.05) is 25.4 Å². The van der Waals surface area contributed by atoms with Crippen LogP contribution in [0.4, 0.5) is 4.79 Å². The molecule has 1 fully saturated rings. The predicted octanol–water partition coefficient (Wildman–Crippen LogP) is 2.91. The lowest BCUT2D eigenvalue weighted by Gasteiger charge is -2.14. The molecule has 33 heavy (non-hydrogen) atoms. The molecular weight excluding hydrogens is 424 g/mol. The first-order chi connectivity index (χ1) is 16.0. The van der Waals surface area contributed by atoms with Gasteiger partial charge in [0.05, 0.1) is 18.6 Å². The van der Waals surface area contributed by atoms with E-state index in [9.17, 15) is 14.4 Å². The van der Waals surface area contributed by atoms with Crippen molar-refractivity contribution in [3.05, 3.63) is 59.7 Å². The van der Waals surface area contributed by atoms with Gasteiger partial charge >= 0.3 is 12.1 Å². The summed E-state index contributed by atoms with van der Waals surface area (Å²) in [6.07, 6.45) is 0.823. The number of rotatable bonds is 11. The Labute approximate surface area is 192 Å². The molecule has 2 aromatic carbocycles. The average Bonchev–Trinajstić information content (AvgIpc) is 3.56. The number of fused-ring (bicyclic) bond motifs is 3. The zero-order chi connectivity index (χ0) is 23.3. The first-order valence-corrected chi connectivity index (χ1v) is 11.2. The first-order valence-electron chi connectivity index (χ1n) is 11.2. The molecule has 0 unspecified atom stereocenters. The highest BCUT2D eigenvalue weighted by atomic mass is 16.5. The van der Waals surface area contributed by atoms with E-state index >= 15 is 0 Å². The quantitative estimate of drug-likeness (QED) is 0.452. The number of nitrogens with one attached hydrogen (secondary N) is 2. The second-order valence-electron chi connectivity index (χ2n) is 8.48. The molecule has 2 aromatic rings. The number of amides is 2. The van der Waals surface area contributed by atoms with E-state index < -0.39 is 17.5 Å². The molecule has 4 rings (SSSR count). The van der Waals surface area contributed by atoms with Gasteiger partial charge in [0.2, 0.25) is 5.91 Å². The summed E-state index contributed by atoms with van der Waals surface area (Å²) in [5.41, 5.74) is 3.89. The number of carbonyl (C=O) groups is 3. The highest BCUT2D eigenvalue weighted by Crippen LogP contribution is 2.45. The summed E-state index contributed by atoms with van der Waals surface area (Å²) >= 11 is 0. The van der Waals surface area contributed by atoms with Crippen LogP contribution >= 0.6 is 0 Å². The number of hydrogen-bond donors (Lipinski definition) is 3. The molecule has 0 heterocycles. The van der Waals surface area contributed by atoms with E-state index in [2.05, 4.69) is 34.9 Å². The van der Waals surface area contributed by atoms with Crippen LogP contribution in [0.15, 0.2) is 48.5 Å². The van der Waals surface area contributed by atoms with Gasteiger partial charge in [-0.1, -0.05) is 48.5 Å². The van der Waals surface area contributed by atoms with Gasteiger partial charge in [-0.15, -0.1) is 0 Å². The fourth-order valence-electron chi connectivity index (χ4n) is 4.11. The molecule has 174 valence electrons. The van der Waals surface area contributed by atoms with E-state index in [1.807, 2.05) is 24.3 Å². The topological polar surface area (TPSA) is 114 Å². The number of carboxylic acid groups (broad SMARTS) is 1. The Hall–Kier alpha value is -3.39. The fraction of sp³-hybridized carbons (Fsp3) is 0.400. The number of ether oxygens (including phenoxy) is 2. The molecule has 8 heteroatoms. The Morgan fingerprint density at radius 1 is 0.939 bits per heavy atom. The monoisotopic (exact) mass is 452 g/mol. The summed E-state index contributed by atoms with van der Waals surface area (Å²) in [6, 6.07) is 16.3. The van der Waals surface area contributed by atoms with Crippen molar-refractivity contribution in [1.82, 2.24) is 10.6 Å². The van der Waals surface area contributed by atoms with Gasteiger partial charge in [0.25, 0.3) is 0 Å². The minimum absolute atomic E-state index is 0.00816. The van der Waals surface area contributed by atoms with Crippen LogP contribution in [-0.2, 0) is 19.1 Å². The third-order valence-corrected chi connectivity index (χ3v) is 6.26. The minimum atomic E-state index is -0.863. The van der Waals surface area contributed by atoms with Crippen molar-refractivity contribution < 1.29 is 29.0 Å². The Bertz CT molecular complexity index is 988. The molecule has 0 saturated heterocycles. The molecule has 0 radical (unpaired) electrons. The van der Waals surface area contributed by atoms with Crippen LogP contribution in [0.3, 0.4) is 0 Å². The van der Waals surface area contributed by atoms with Crippen molar-refractivity contribution in [2.24, 2.45) is 5.41 Å². The van der Waals surface area contributed by atoms with Crippen molar-refractivity contribution >= 4 is 18.0 Å². The third-order valence-electron chi connectivity index (χ3n) is 6.26. The lowest BCUT2D eigenvalue weighted by molar-refractivity contribution is -0.143. The number of carboxylic acids is 1. The number of hydrogen-bond acceptors (Lipinski definition) is 5. The molecule has 0 aromatic heterocycles. The van der Waals surface area contributed by atoms with Crippen LogP contribution in [0.25, 0.3) is 11.1 Å². The summed E-state index contributed by atoms with van der Waals surface area (Å²) in [5.74, 6) is -1.10. The zero-order valence-electron chi connectivity index (χ0n) is 18.3.